The first-order valence-corrected chi connectivity index (χ1v) is 9.51. The molecule has 0 unspecified atom stereocenters. The van der Waals surface area contributed by atoms with Crippen LogP contribution in [0.1, 0.15) is 21.8 Å². The van der Waals surface area contributed by atoms with Crippen molar-refractivity contribution >= 4 is 11.6 Å². The van der Waals surface area contributed by atoms with Gasteiger partial charge in [-0.1, -0.05) is 23.4 Å². The van der Waals surface area contributed by atoms with E-state index in [9.17, 15) is 4.79 Å². The lowest BCUT2D eigenvalue weighted by atomic mass is 10.1. The second kappa shape index (κ2) is 8.21. The molecule has 150 valence electrons. The highest BCUT2D eigenvalue weighted by molar-refractivity contribution is 6.05. The van der Waals surface area contributed by atoms with Gasteiger partial charge in [-0.05, 0) is 62.4 Å². The van der Waals surface area contributed by atoms with Crippen LogP contribution in [0.4, 0.5) is 5.69 Å². The zero-order chi connectivity index (χ0) is 21.1. The van der Waals surface area contributed by atoms with E-state index >= 15 is 0 Å². The zero-order valence-corrected chi connectivity index (χ0v) is 17.0. The maximum atomic E-state index is 12.6. The first-order valence-electron chi connectivity index (χ1n) is 9.51. The van der Waals surface area contributed by atoms with Crippen molar-refractivity contribution in [1.82, 2.24) is 10.1 Å². The molecule has 0 aliphatic heterocycles. The molecule has 0 saturated carbocycles. The Morgan fingerprint density at radius 1 is 0.933 bits per heavy atom. The van der Waals surface area contributed by atoms with Crippen LogP contribution in [0.3, 0.4) is 0 Å². The third-order valence-corrected chi connectivity index (χ3v) is 4.81. The number of nitrogens with one attached hydrogen (secondary N) is 1. The van der Waals surface area contributed by atoms with Crippen LogP contribution >= 0.6 is 0 Å². The summed E-state index contributed by atoms with van der Waals surface area (Å²) in [6, 6.07) is 21.3. The smallest absolute Gasteiger partial charge is 0.261 e. The van der Waals surface area contributed by atoms with E-state index in [2.05, 4.69) is 10.5 Å². The maximum absolute atomic E-state index is 12.6. The number of methoxy groups -OCH3 is 1. The van der Waals surface area contributed by atoms with Gasteiger partial charge in [0.25, 0.3) is 5.91 Å². The summed E-state index contributed by atoms with van der Waals surface area (Å²) in [5.41, 5.74) is 5.28. The number of pyridine rings is 1. The van der Waals surface area contributed by atoms with Crippen LogP contribution in [0.25, 0.3) is 22.5 Å². The molecule has 0 spiro atoms. The van der Waals surface area contributed by atoms with Crippen molar-refractivity contribution in [1.29, 1.82) is 0 Å². The van der Waals surface area contributed by atoms with Crippen molar-refractivity contribution in [2.75, 3.05) is 12.4 Å². The molecule has 4 aromatic rings. The average molecular weight is 399 g/mol. The summed E-state index contributed by atoms with van der Waals surface area (Å²) in [6.45, 7) is 3.47. The second-order valence-corrected chi connectivity index (χ2v) is 6.87. The van der Waals surface area contributed by atoms with Crippen LogP contribution < -0.4 is 10.1 Å². The average Bonchev–Trinajstić information content (AvgIpc) is 3.12. The third kappa shape index (κ3) is 3.93. The Morgan fingerprint density at radius 3 is 2.30 bits per heavy atom. The fourth-order valence-electron chi connectivity index (χ4n) is 3.28. The van der Waals surface area contributed by atoms with E-state index in [1.807, 2.05) is 66.7 Å². The van der Waals surface area contributed by atoms with E-state index in [4.69, 9.17) is 14.2 Å². The first kappa shape index (κ1) is 19.4. The number of rotatable bonds is 5. The highest BCUT2D eigenvalue weighted by Crippen LogP contribution is 2.26. The van der Waals surface area contributed by atoms with Gasteiger partial charge in [0, 0.05) is 16.8 Å². The number of anilines is 1. The van der Waals surface area contributed by atoms with Gasteiger partial charge in [0.1, 0.15) is 17.1 Å². The van der Waals surface area contributed by atoms with Gasteiger partial charge in [-0.25, -0.2) is 4.98 Å². The SMILES string of the molecule is COc1ccc(-c2cccc(-c3cccc(NC(=O)c4c(C)noc4C)c3)n2)cc1. The number of benzene rings is 2. The predicted molar refractivity (Wildman–Crippen MR) is 116 cm³/mol. The van der Waals surface area contributed by atoms with Crippen LogP contribution in [-0.2, 0) is 0 Å². The van der Waals surface area contributed by atoms with Crippen molar-refractivity contribution in [3.63, 3.8) is 0 Å². The topological polar surface area (TPSA) is 77.2 Å². The Morgan fingerprint density at radius 2 is 1.63 bits per heavy atom. The molecule has 1 N–H and O–H groups in total. The third-order valence-electron chi connectivity index (χ3n) is 4.81. The fraction of sp³-hybridized carbons (Fsp3) is 0.125. The number of hydrogen-bond acceptors (Lipinski definition) is 5. The first-order chi connectivity index (χ1) is 14.5. The van der Waals surface area contributed by atoms with Gasteiger partial charge >= 0.3 is 0 Å². The molecule has 2 aromatic heterocycles. The molecule has 2 aromatic carbocycles. The second-order valence-electron chi connectivity index (χ2n) is 6.87. The number of hydrogen-bond donors (Lipinski definition) is 1. The lowest BCUT2D eigenvalue weighted by Crippen LogP contribution is -2.13. The molecule has 6 heteroatoms. The van der Waals surface area contributed by atoms with Crippen LogP contribution in [0.5, 0.6) is 5.75 Å². The van der Waals surface area contributed by atoms with Gasteiger partial charge in [0.15, 0.2) is 0 Å². The molecule has 0 atom stereocenters. The van der Waals surface area contributed by atoms with Crippen LogP contribution in [0, 0.1) is 13.8 Å². The standard InChI is InChI=1S/C24H21N3O3/c1-15-23(16(2)30-27-15)24(28)25-19-7-4-6-18(14-19)22-9-5-8-21(26-22)17-10-12-20(29-3)13-11-17/h4-14H,1-3H3,(H,25,28). The largest absolute Gasteiger partial charge is 0.497 e. The molecule has 0 bridgehead atoms. The summed E-state index contributed by atoms with van der Waals surface area (Å²) in [5, 5.41) is 6.75. The molecule has 0 radical (unpaired) electrons. The lowest BCUT2D eigenvalue weighted by molar-refractivity contribution is 0.102. The van der Waals surface area contributed by atoms with Crippen LogP contribution in [0.15, 0.2) is 71.3 Å². The predicted octanol–water partition coefficient (Wildman–Crippen LogP) is 5.28. The summed E-state index contributed by atoms with van der Waals surface area (Å²) in [6.07, 6.45) is 0. The lowest BCUT2D eigenvalue weighted by Gasteiger charge is -2.09. The number of aryl methyl sites for hydroxylation is 2. The zero-order valence-electron chi connectivity index (χ0n) is 17.0. The normalized spacial score (nSPS) is 10.6. The van der Waals surface area contributed by atoms with Gasteiger partial charge in [0.2, 0.25) is 0 Å². The number of nitrogens with zero attached hydrogens (tertiary/aromatic N) is 2. The quantitative estimate of drug-likeness (QED) is 0.494. The van der Waals surface area contributed by atoms with Crippen molar-refractivity contribution in [2.45, 2.75) is 13.8 Å². The minimum Gasteiger partial charge on any atom is -0.497 e. The Labute approximate surface area is 174 Å². The van der Waals surface area contributed by atoms with Crippen molar-refractivity contribution in [3.8, 4) is 28.3 Å². The molecule has 0 aliphatic rings. The molecular weight excluding hydrogens is 378 g/mol. The number of carbonyl (C=O) groups is 1. The number of carbonyl (C=O) groups excluding carboxylic acids is 1. The van der Waals surface area contributed by atoms with E-state index in [1.54, 1.807) is 21.0 Å². The van der Waals surface area contributed by atoms with Crippen LogP contribution in [-0.4, -0.2) is 23.2 Å². The van der Waals surface area contributed by atoms with E-state index in [0.717, 1.165) is 28.3 Å². The minimum atomic E-state index is -0.247. The summed E-state index contributed by atoms with van der Waals surface area (Å²) in [4.78, 5) is 17.4. The number of ether oxygens (including phenoxy) is 1. The summed E-state index contributed by atoms with van der Waals surface area (Å²) in [5.74, 6) is 1.05. The molecule has 1 amide bonds. The van der Waals surface area contributed by atoms with Crippen LogP contribution in [0.2, 0.25) is 0 Å². The van der Waals surface area contributed by atoms with Gasteiger partial charge in [-0.2, -0.15) is 0 Å². The molecule has 0 saturated heterocycles. The van der Waals surface area contributed by atoms with Crippen molar-refractivity contribution < 1.29 is 14.1 Å². The fourth-order valence-corrected chi connectivity index (χ4v) is 3.28. The molecular formula is C24H21N3O3. The van der Waals surface area contributed by atoms with Gasteiger partial charge in [-0.3, -0.25) is 4.79 Å². The van der Waals surface area contributed by atoms with Gasteiger partial charge < -0.3 is 14.6 Å². The molecule has 6 nitrogen and oxygen atoms in total. The van der Waals surface area contributed by atoms with Crippen molar-refractivity contribution in [3.05, 3.63) is 83.7 Å². The monoisotopic (exact) mass is 399 g/mol. The summed E-state index contributed by atoms with van der Waals surface area (Å²) < 4.78 is 10.3. The van der Waals surface area contributed by atoms with Gasteiger partial charge in [-0.15, -0.1) is 0 Å². The Bertz CT molecular complexity index is 1180. The molecule has 30 heavy (non-hydrogen) atoms. The van der Waals surface area contributed by atoms with Crippen molar-refractivity contribution in [2.24, 2.45) is 0 Å². The van der Waals surface area contributed by atoms with Gasteiger partial charge in [0.05, 0.1) is 24.2 Å². The Balaban J connectivity index is 1.60. The highest BCUT2D eigenvalue weighted by atomic mass is 16.5. The van der Waals surface area contributed by atoms with E-state index < -0.39 is 0 Å². The molecule has 0 fully saturated rings. The summed E-state index contributed by atoms with van der Waals surface area (Å²) >= 11 is 0. The molecule has 2 heterocycles. The maximum Gasteiger partial charge on any atom is 0.261 e. The molecule has 4 rings (SSSR count). The summed E-state index contributed by atoms with van der Waals surface area (Å²) in [7, 11) is 1.64. The Hall–Kier alpha value is -3.93. The Kier molecular flexibility index (Phi) is 5.30. The number of amides is 1. The van der Waals surface area contributed by atoms with E-state index in [-0.39, 0.29) is 5.91 Å². The van der Waals surface area contributed by atoms with E-state index in [0.29, 0.717) is 22.7 Å². The number of aromatic nitrogens is 2. The van der Waals surface area contributed by atoms with E-state index in [1.165, 1.54) is 0 Å². The minimum absolute atomic E-state index is 0.247. The highest BCUT2D eigenvalue weighted by Gasteiger charge is 2.17. The molecule has 0 aliphatic carbocycles.